The summed E-state index contributed by atoms with van der Waals surface area (Å²) < 4.78 is 30.4. The minimum absolute atomic E-state index is 0.0124. The Hall–Kier alpha value is -3.57. The number of aromatic hydroxyl groups is 1. The van der Waals surface area contributed by atoms with Crippen molar-refractivity contribution in [2.45, 2.75) is 24.3 Å². The standard InChI is InChI=1S/C21H17N3O4S/c1-2-3-8-13-24-16-11-6-4-9-14(16)19(25)18(21(24)26)20-22-15-10-5-7-12-17(15)29(27,28)23-20/h1,4-7,9-12,25H,3,8,13H2,(H,22,23). The molecule has 1 aliphatic rings. The zero-order chi connectivity index (χ0) is 20.6. The lowest BCUT2D eigenvalue weighted by molar-refractivity contribution is 0.477. The Labute approximate surface area is 167 Å². The minimum Gasteiger partial charge on any atom is -0.506 e. The van der Waals surface area contributed by atoms with Crippen molar-refractivity contribution in [2.24, 2.45) is 4.40 Å². The first-order valence-electron chi connectivity index (χ1n) is 8.93. The summed E-state index contributed by atoms with van der Waals surface area (Å²) in [6.45, 7) is 0.327. The maximum Gasteiger partial charge on any atom is 0.286 e. The molecule has 3 aromatic rings. The lowest BCUT2D eigenvalue weighted by atomic mass is 10.1. The van der Waals surface area contributed by atoms with Crippen LogP contribution >= 0.6 is 0 Å². The van der Waals surface area contributed by atoms with Crippen LogP contribution in [-0.2, 0) is 16.6 Å². The smallest absolute Gasteiger partial charge is 0.286 e. The number of hydrogen-bond acceptors (Lipinski definition) is 5. The molecule has 0 spiro atoms. The number of hydrogen-bond donors (Lipinski definition) is 2. The van der Waals surface area contributed by atoms with Crippen molar-refractivity contribution < 1.29 is 13.5 Å². The summed E-state index contributed by atoms with van der Waals surface area (Å²) in [7, 11) is -4.02. The third-order valence-electron chi connectivity index (χ3n) is 4.71. The average Bonchev–Trinajstić information content (AvgIpc) is 2.70. The fourth-order valence-electron chi connectivity index (χ4n) is 3.39. The fourth-order valence-corrected chi connectivity index (χ4v) is 4.51. The van der Waals surface area contributed by atoms with Crippen LogP contribution < -0.4 is 10.9 Å². The Bertz CT molecular complexity index is 1360. The van der Waals surface area contributed by atoms with Gasteiger partial charge in [0.1, 0.15) is 16.2 Å². The highest BCUT2D eigenvalue weighted by atomic mass is 32.2. The van der Waals surface area contributed by atoms with Crippen LogP contribution in [0.3, 0.4) is 0 Å². The molecule has 0 atom stereocenters. The van der Waals surface area contributed by atoms with Crippen molar-refractivity contribution in [3.05, 3.63) is 64.4 Å². The summed E-state index contributed by atoms with van der Waals surface area (Å²) in [5.74, 6) is 2.01. The maximum atomic E-state index is 13.3. The van der Waals surface area contributed by atoms with Gasteiger partial charge in [-0.2, -0.15) is 8.42 Å². The third-order valence-corrected chi connectivity index (χ3v) is 6.05. The van der Waals surface area contributed by atoms with Crippen LogP contribution in [0.5, 0.6) is 5.75 Å². The summed E-state index contributed by atoms with van der Waals surface area (Å²) in [6.07, 6.45) is 6.36. The molecule has 0 aliphatic carbocycles. The summed E-state index contributed by atoms with van der Waals surface area (Å²) in [5.41, 5.74) is 0.0975. The Kier molecular flexibility index (Phi) is 4.60. The van der Waals surface area contributed by atoms with Crippen LogP contribution in [0.25, 0.3) is 10.9 Å². The quantitative estimate of drug-likeness (QED) is 0.512. The van der Waals surface area contributed by atoms with Gasteiger partial charge in [-0.25, -0.2) is 0 Å². The molecule has 0 bridgehead atoms. The van der Waals surface area contributed by atoms with Crippen molar-refractivity contribution in [3.63, 3.8) is 0 Å². The molecular weight excluding hydrogens is 390 g/mol. The van der Waals surface area contributed by atoms with Gasteiger partial charge in [0, 0.05) is 18.4 Å². The summed E-state index contributed by atoms with van der Waals surface area (Å²) in [4.78, 5) is 13.3. The van der Waals surface area contributed by atoms with Crippen LogP contribution in [0.15, 0.2) is 62.6 Å². The molecule has 0 unspecified atom stereocenters. The first-order chi connectivity index (χ1) is 13.9. The van der Waals surface area contributed by atoms with Crippen molar-refractivity contribution in [2.75, 3.05) is 5.32 Å². The number of nitrogens with one attached hydrogen (secondary N) is 1. The number of pyridine rings is 1. The Morgan fingerprint density at radius 2 is 1.86 bits per heavy atom. The molecule has 29 heavy (non-hydrogen) atoms. The Morgan fingerprint density at radius 3 is 2.66 bits per heavy atom. The van der Waals surface area contributed by atoms with Gasteiger partial charge in [0.2, 0.25) is 0 Å². The highest BCUT2D eigenvalue weighted by molar-refractivity contribution is 7.90. The number of aromatic nitrogens is 1. The summed E-state index contributed by atoms with van der Waals surface area (Å²) in [5, 5.41) is 14.1. The maximum absolute atomic E-state index is 13.3. The number of fused-ring (bicyclic) bond motifs is 2. The molecule has 4 rings (SSSR count). The lowest BCUT2D eigenvalue weighted by Crippen LogP contribution is -2.32. The van der Waals surface area contributed by atoms with E-state index >= 15 is 0 Å². The first kappa shape index (κ1) is 18.8. The van der Waals surface area contributed by atoms with Gasteiger partial charge in [0.15, 0.2) is 5.84 Å². The molecule has 7 nitrogen and oxygen atoms in total. The minimum atomic E-state index is -4.02. The highest BCUT2D eigenvalue weighted by Crippen LogP contribution is 2.32. The fraction of sp³-hybridized carbons (Fsp3) is 0.143. The number of rotatable bonds is 4. The van der Waals surface area contributed by atoms with Crippen molar-refractivity contribution in [1.29, 1.82) is 0 Å². The molecule has 0 fully saturated rings. The monoisotopic (exact) mass is 407 g/mol. The second kappa shape index (κ2) is 7.11. The van der Waals surface area contributed by atoms with Crippen LogP contribution in [0.4, 0.5) is 5.69 Å². The number of para-hydroxylation sites is 2. The molecule has 2 N–H and O–H groups in total. The SMILES string of the molecule is C#CCCCn1c(=O)c(C2=NS(=O)(=O)c3ccccc3N2)c(O)c2ccccc21. The molecule has 2 aromatic carbocycles. The van der Waals surface area contributed by atoms with Crippen LogP contribution in [0.1, 0.15) is 18.4 Å². The van der Waals surface area contributed by atoms with E-state index in [9.17, 15) is 18.3 Å². The van der Waals surface area contributed by atoms with E-state index in [2.05, 4.69) is 15.6 Å². The second-order valence-corrected chi connectivity index (χ2v) is 8.11. The zero-order valence-electron chi connectivity index (χ0n) is 15.3. The van der Waals surface area contributed by atoms with E-state index < -0.39 is 15.6 Å². The van der Waals surface area contributed by atoms with Crippen molar-refractivity contribution in [3.8, 4) is 18.1 Å². The van der Waals surface area contributed by atoms with E-state index in [1.165, 1.54) is 10.6 Å². The molecule has 1 aromatic heterocycles. The molecule has 0 saturated heterocycles. The van der Waals surface area contributed by atoms with E-state index in [4.69, 9.17) is 6.42 Å². The lowest BCUT2D eigenvalue weighted by Gasteiger charge is -2.20. The first-order valence-corrected chi connectivity index (χ1v) is 10.4. The van der Waals surface area contributed by atoms with E-state index in [0.717, 1.165) is 0 Å². The van der Waals surface area contributed by atoms with Gasteiger partial charge in [-0.3, -0.25) is 4.79 Å². The van der Waals surface area contributed by atoms with Gasteiger partial charge in [-0.15, -0.1) is 16.7 Å². The number of aryl methyl sites for hydroxylation is 1. The molecule has 0 saturated carbocycles. The van der Waals surface area contributed by atoms with Crippen molar-refractivity contribution >= 4 is 32.4 Å². The van der Waals surface area contributed by atoms with E-state index in [1.807, 2.05) is 0 Å². The molecular formula is C21H17N3O4S. The van der Waals surface area contributed by atoms with Gasteiger partial charge in [-0.1, -0.05) is 24.3 Å². The normalized spacial score (nSPS) is 14.5. The number of terminal acetylenes is 1. The number of amidine groups is 1. The van der Waals surface area contributed by atoms with E-state index in [-0.39, 0.29) is 22.0 Å². The predicted octanol–water partition coefficient (Wildman–Crippen LogP) is 2.68. The van der Waals surface area contributed by atoms with Gasteiger partial charge >= 0.3 is 0 Å². The van der Waals surface area contributed by atoms with E-state index in [0.29, 0.717) is 36.0 Å². The largest absolute Gasteiger partial charge is 0.506 e. The van der Waals surface area contributed by atoms with Crippen LogP contribution in [-0.4, -0.2) is 23.9 Å². The molecule has 146 valence electrons. The number of benzene rings is 2. The molecule has 0 amide bonds. The van der Waals surface area contributed by atoms with Gasteiger partial charge in [-0.05, 0) is 30.7 Å². The highest BCUT2D eigenvalue weighted by Gasteiger charge is 2.29. The number of anilines is 1. The molecule has 2 heterocycles. The average molecular weight is 407 g/mol. The third kappa shape index (κ3) is 3.15. The molecule has 1 aliphatic heterocycles. The molecule has 0 radical (unpaired) electrons. The number of nitrogens with zero attached hydrogens (tertiary/aromatic N) is 2. The predicted molar refractivity (Wildman–Crippen MR) is 112 cm³/mol. The number of sulfonamides is 1. The van der Waals surface area contributed by atoms with Gasteiger partial charge in [0.05, 0.1) is 11.2 Å². The van der Waals surface area contributed by atoms with Crippen LogP contribution in [0, 0.1) is 12.3 Å². The van der Waals surface area contributed by atoms with Crippen molar-refractivity contribution in [1.82, 2.24) is 4.57 Å². The topological polar surface area (TPSA) is 101 Å². The summed E-state index contributed by atoms with van der Waals surface area (Å²) >= 11 is 0. The summed E-state index contributed by atoms with van der Waals surface area (Å²) in [6, 6.07) is 13.1. The Balaban J connectivity index is 1.97. The van der Waals surface area contributed by atoms with Gasteiger partial charge in [0.25, 0.3) is 15.6 Å². The van der Waals surface area contributed by atoms with Crippen LogP contribution in [0.2, 0.25) is 0 Å². The Morgan fingerprint density at radius 1 is 1.14 bits per heavy atom. The number of unbranched alkanes of at least 4 members (excludes halogenated alkanes) is 1. The van der Waals surface area contributed by atoms with Gasteiger partial charge < -0.3 is 15.0 Å². The second-order valence-electron chi connectivity index (χ2n) is 6.54. The zero-order valence-corrected chi connectivity index (χ0v) is 16.1. The molecule has 8 heteroatoms. The van der Waals surface area contributed by atoms with E-state index in [1.54, 1.807) is 42.5 Å².